The molecule has 0 unspecified atom stereocenters. The maximum absolute atomic E-state index is 12.7. The van der Waals surface area contributed by atoms with Crippen LogP contribution in [0.2, 0.25) is 0 Å². The van der Waals surface area contributed by atoms with Gasteiger partial charge in [0.05, 0.1) is 24.4 Å². The van der Waals surface area contributed by atoms with E-state index in [4.69, 9.17) is 9.47 Å². The van der Waals surface area contributed by atoms with Crippen LogP contribution >= 0.6 is 0 Å². The number of nitrogens with one attached hydrogen (secondary N) is 2. The van der Waals surface area contributed by atoms with Crippen LogP contribution < -0.4 is 14.9 Å². The van der Waals surface area contributed by atoms with Crippen LogP contribution in [0.15, 0.2) is 35.4 Å². The van der Waals surface area contributed by atoms with Gasteiger partial charge in [0.2, 0.25) is 5.75 Å². The molecule has 9 nitrogen and oxygen atoms in total. The van der Waals surface area contributed by atoms with Crippen LogP contribution in [0.1, 0.15) is 53.9 Å². The highest BCUT2D eigenvalue weighted by Gasteiger charge is 2.20. The number of aryl methyl sites for hydroxylation is 2. The van der Waals surface area contributed by atoms with Crippen molar-refractivity contribution in [3.63, 3.8) is 0 Å². The zero-order valence-electron chi connectivity index (χ0n) is 18.6. The van der Waals surface area contributed by atoms with Crippen molar-refractivity contribution in [2.45, 2.75) is 39.5 Å². The summed E-state index contributed by atoms with van der Waals surface area (Å²) in [4.78, 5) is 27.1. The van der Waals surface area contributed by atoms with Crippen molar-refractivity contribution in [2.75, 3.05) is 13.2 Å². The lowest BCUT2D eigenvalue weighted by Gasteiger charge is -2.11. The predicted octanol–water partition coefficient (Wildman–Crippen LogP) is 4.52. The first kappa shape index (κ1) is 22.3. The van der Waals surface area contributed by atoms with E-state index in [1.165, 1.54) is 36.0 Å². The summed E-state index contributed by atoms with van der Waals surface area (Å²) < 4.78 is 11.0. The number of rotatable bonds is 8. The molecule has 2 aromatic carbocycles. The van der Waals surface area contributed by atoms with Gasteiger partial charge >= 0.3 is 5.69 Å². The standard InChI is InChI=1S/C24H26N4O5/c1-3-32-22-13-23(33-4-2)21(28(30)31)12-16(22)14-25-27-24(29)15-9-10-20-18(11-15)17-7-5-6-8-19(17)26-20/h9-14,26H,3-8H2,1-2H3,(H,27,29)/b25-14-. The second-order valence-corrected chi connectivity index (χ2v) is 7.73. The second-order valence-electron chi connectivity index (χ2n) is 7.73. The van der Waals surface area contributed by atoms with Gasteiger partial charge in [0.25, 0.3) is 5.91 Å². The van der Waals surface area contributed by atoms with Gasteiger partial charge < -0.3 is 14.5 Å². The topological polar surface area (TPSA) is 119 Å². The number of aromatic amines is 1. The third-order valence-corrected chi connectivity index (χ3v) is 5.62. The molecule has 1 amide bonds. The highest BCUT2D eigenvalue weighted by atomic mass is 16.6. The molecule has 2 N–H and O–H groups in total. The molecular weight excluding hydrogens is 424 g/mol. The minimum Gasteiger partial charge on any atom is -0.493 e. The maximum Gasteiger partial charge on any atom is 0.311 e. The summed E-state index contributed by atoms with van der Waals surface area (Å²) in [5.41, 5.74) is 6.74. The van der Waals surface area contributed by atoms with Crippen molar-refractivity contribution in [1.29, 1.82) is 0 Å². The lowest BCUT2D eigenvalue weighted by molar-refractivity contribution is -0.385. The van der Waals surface area contributed by atoms with Crippen LogP contribution in [0, 0.1) is 10.1 Å². The summed E-state index contributed by atoms with van der Waals surface area (Å²) in [7, 11) is 0. The van der Waals surface area contributed by atoms with Crippen molar-refractivity contribution < 1.29 is 19.2 Å². The summed E-state index contributed by atoms with van der Waals surface area (Å²) in [5.74, 6) is 0.137. The number of carbonyl (C=O) groups is 1. The summed E-state index contributed by atoms with van der Waals surface area (Å²) in [6.07, 6.45) is 5.70. The Balaban J connectivity index is 1.56. The Kier molecular flexibility index (Phi) is 6.58. The molecule has 0 fully saturated rings. The van der Waals surface area contributed by atoms with E-state index < -0.39 is 4.92 Å². The zero-order chi connectivity index (χ0) is 23.4. The molecule has 0 saturated carbocycles. The molecule has 0 atom stereocenters. The third kappa shape index (κ3) is 4.67. The minimum atomic E-state index is -0.524. The molecule has 1 heterocycles. The average molecular weight is 450 g/mol. The first-order valence-corrected chi connectivity index (χ1v) is 11.1. The lowest BCUT2D eigenvalue weighted by Crippen LogP contribution is -2.17. The van der Waals surface area contributed by atoms with Crippen LogP contribution in [-0.2, 0) is 12.8 Å². The molecular formula is C24H26N4O5. The number of hydrogen-bond donors (Lipinski definition) is 2. The van der Waals surface area contributed by atoms with E-state index in [-0.39, 0.29) is 24.0 Å². The number of benzene rings is 2. The molecule has 3 aromatic rings. The molecule has 0 radical (unpaired) electrons. The molecule has 0 bridgehead atoms. The number of fused-ring (bicyclic) bond motifs is 3. The van der Waals surface area contributed by atoms with E-state index in [1.807, 2.05) is 12.1 Å². The predicted molar refractivity (Wildman–Crippen MR) is 125 cm³/mol. The number of hydrogen-bond acceptors (Lipinski definition) is 6. The molecule has 4 rings (SSSR count). The van der Waals surface area contributed by atoms with Crippen LogP contribution in [0.5, 0.6) is 11.5 Å². The fourth-order valence-electron chi connectivity index (χ4n) is 4.13. The lowest BCUT2D eigenvalue weighted by atomic mass is 9.95. The van der Waals surface area contributed by atoms with Gasteiger partial charge in [-0.3, -0.25) is 14.9 Å². The Bertz CT molecular complexity index is 1230. The number of ether oxygens (including phenoxy) is 2. The van der Waals surface area contributed by atoms with Crippen LogP contribution in [0.4, 0.5) is 5.69 Å². The van der Waals surface area contributed by atoms with E-state index in [1.54, 1.807) is 19.9 Å². The molecule has 1 aromatic heterocycles. The number of nitro benzene ring substituents is 1. The molecule has 0 aliphatic heterocycles. The molecule has 1 aliphatic carbocycles. The fraction of sp³-hybridized carbons (Fsp3) is 0.333. The monoisotopic (exact) mass is 450 g/mol. The average Bonchev–Trinajstić information content (AvgIpc) is 3.18. The number of H-pyrrole nitrogens is 1. The van der Waals surface area contributed by atoms with Crippen molar-refractivity contribution >= 4 is 28.7 Å². The Morgan fingerprint density at radius 1 is 1.15 bits per heavy atom. The van der Waals surface area contributed by atoms with Crippen molar-refractivity contribution in [1.82, 2.24) is 10.4 Å². The third-order valence-electron chi connectivity index (χ3n) is 5.62. The minimum absolute atomic E-state index is 0.121. The van der Waals surface area contributed by atoms with Gasteiger partial charge in [0, 0.05) is 39.9 Å². The van der Waals surface area contributed by atoms with Crippen LogP contribution in [0.3, 0.4) is 0 Å². The maximum atomic E-state index is 12.7. The van der Waals surface area contributed by atoms with Gasteiger partial charge in [0.1, 0.15) is 5.75 Å². The molecule has 0 spiro atoms. The van der Waals surface area contributed by atoms with Crippen molar-refractivity contribution in [3.05, 3.63) is 62.8 Å². The quantitative estimate of drug-likeness (QED) is 0.297. The molecule has 0 saturated heterocycles. The summed E-state index contributed by atoms with van der Waals surface area (Å²) >= 11 is 0. The molecule has 33 heavy (non-hydrogen) atoms. The van der Waals surface area contributed by atoms with Gasteiger partial charge in [-0.2, -0.15) is 5.10 Å². The van der Waals surface area contributed by atoms with Gasteiger partial charge in [-0.1, -0.05) is 0 Å². The number of carbonyl (C=O) groups excluding carboxylic acids is 1. The van der Waals surface area contributed by atoms with Gasteiger partial charge in [-0.15, -0.1) is 0 Å². The summed E-state index contributed by atoms with van der Waals surface area (Å²) in [5, 5.41) is 16.5. The normalized spacial score (nSPS) is 13.2. The Labute approximate surface area is 190 Å². The largest absolute Gasteiger partial charge is 0.493 e. The Morgan fingerprint density at radius 3 is 2.67 bits per heavy atom. The number of amides is 1. The highest BCUT2D eigenvalue weighted by molar-refractivity contribution is 5.99. The van der Waals surface area contributed by atoms with E-state index in [0.717, 1.165) is 30.2 Å². The zero-order valence-corrected chi connectivity index (χ0v) is 18.6. The number of hydrazone groups is 1. The summed E-state index contributed by atoms with van der Waals surface area (Å²) in [6, 6.07) is 8.34. The van der Waals surface area contributed by atoms with Gasteiger partial charge in [0.15, 0.2) is 0 Å². The van der Waals surface area contributed by atoms with Crippen molar-refractivity contribution in [2.24, 2.45) is 5.10 Å². The van der Waals surface area contributed by atoms with Crippen LogP contribution in [0.25, 0.3) is 10.9 Å². The first-order chi connectivity index (χ1) is 16.0. The smallest absolute Gasteiger partial charge is 0.311 e. The van der Waals surface area contributed by atoms with E-state index in [9.17, 15) is 14.9 Å². The fourth-order valence-corrected chi connectivity index (χ4v) is 4.13. The van der Waals surface area contributed by atoms with E-state index in [2.05, 4.69) is 15.5 Å². The first-order valence-electron chi connectivity index (χ1n) is 11.1. The second kappa shape index (κ2) is 9.72. The Morgan fingerprint density at radius 2 is 1.91 bits per heavy atom. The van der Waals surface area contributed by atoms with Gasteiger partial charge in [-0.25, -0.2) is 5.43 Å². The van der Waals surface area contributed by atoms with Crippen LogP contribution in [-0.4, -0.2) is 35.2 Å². The van der Waals surface area contributed by atoms with E-state index in [0.29, 0.717) is 23.5 Å². The van der Waals surface area contributed by atoms with E-state index >= 15 is 0 Å². The Hall–Kier alpha value is -3.88. The highest BCUT2D eigenvalue weighted by Crippen LogP contribution is 2.34. The SMILES string of the molecule is CCOc1cc(OCC)c([N+](=O)[O-])cc1/C=N\NC(=O)c1ccc2[nH]c3c(c2c1)CCCC3. The number of aromatic nitrogens is 1. The number of nitro groups is 1. The van der Waals surface area contributed by atoms with Crippen molar-refractivity contribution in [3.8, 4) is 11.5 Å². The van der Waals surface area contributed by atoms with Gasteiger partial charge in [-0.05, 0) is 63.3 Å². The number of nitrogens with zero attached hydrogens (tertiary/aromatic N) is 2. The molecule has 172 valence electrons. The molecule has 1 aliphatic rings. The summed E-state index contributed by atoms with van der Waals surface area (Å²) in [6.45, 7) is 4.19. The molecule has 9 heteroatoms.